The van der Waals surface area contributed by atoms with Crippen LogP contribution in [-0.4, -0.2) is 20.4 Å². The van der Waals surface area contributed by atoms with Gasteiger partial charge in [-0.15, -0.1) is 0 Å². The Hall–Kier alpha value is -2.38. The molecule has 0 spiro atoms. The summed E-state index contributed by atoms with van der Waals surface area (Å²) < 4.78 is 13.6. The Labute approximate surface area is 140 Å². The van der Waals surface area contributed by atoms with Crippen LogP contribution in [0.5, 0.6) is 11.5 Å². The molecule has 0 bridgehead atoms. The fraction of sp³-hybridized carbons (Fsp3) is 0. The summed E-state index contributed by atoms with van der Waals surface area (Å²) in [7, 11) is 0. The minimum absolute atomic E-state index is 0.241. The van der Waals surface area contributed by atoms with Crippen LogP contribution in [0.15, 0.2) is 47.4 Å². The summed E-state index contributed by atoms with van der Waals surface area (Å²) in [5.41, 5.74) is 0.907. The number of aromatic hydroxyl groups is 2. The van der Waals surface area contributed by atoms with Gasteiger partial charge in [-0.1, -0.05) is 36.1 Å². The molecule has 116 valence electrons. The van der Waals surface area contributed by atoms with Crippen molar-refractivity contribution in [3.63, 3.8) is 0 Å². The molecular weight excluding hydrogens is 337 g/mol. The van der Waals surface area contributed by atoms with Crippen LogP contribution in [-0.2, 0) is 4.79 Å². The number of thiocarbonyl (C=S) groups is 1. The molecule has 0 unspecified atom stereocenters. The van der Waals surface area contributed by atoms with Crippen LogP contribution < -0.4 is 4.90 Å². The topological polar surface area (TPSA) is 60.8 Å². The Morgan fingerprint density at radius 3 is 2.61 bits per heavy atom. The molecule has 0 radical (unpaired) electrons. The van der Waals surface area contributed by atoms with Crippen molar-refractivity contribution in [3.8, 4) is 11.5 Å². The van der Waals surface area contributed by atoms with Gasteiger partial charge < -0.3 is 10.2 Å². The summed E-state index contributed by atoms with van der Waals surface area (Å²) in [5, 5.41) is 18.8. The van der Waals surface area contributed by atoms with Crippen molar-refractivity contribution in [1.82, 2.24) is 0 Å². The highest BCUT2D eigenvalue weighted by Crippen LogP contribution is 2.37. The lowest BCUT2D eigenvalue weighted by Gasteiger charge is -2.14. The molecular formula is C16H10FNO3S2. The van der Waals surface area contributed by atoms with Crippen molar-refractivity contribution >= 4 is 46.0 Å². The standard InChI is InChI=1S/C16H10FNO3S2/c17-10-2-1-3-11(8-10)18-15(21)14(23-16(18)22)7-9-4-5-12(19)13(20)6-9/h1-8,19-20H/b14-7+. The van der Waals surface area contributed by atoms with E-state index in [1.165, 1.54) is 35.2 Å². The van der Waals surface area contributed by atoms with E-state index in [1.807, 2.05) is 0 Å². The molecule has 3 rings (SSSR count). The summed E-state index contributed by atoms with van der Waals surface area (Å²) in [5.74, 6) is -1.34. The summed E-state index contributed by atoms with van der Waals surface area (Å²) in [4.78, 5) is 14.1. The molecule has 23 heavy (non-hydrogen) atoms. The molecule has 2 aromatic rings. The first kappa shape index (κ1) is 15.5. The highest BCUT2D eigenvalue weighted by atomic mass is 32.2. The second-order valence-corrected chi connectivity index (χ2v) is 6.42. The third-order valence-corrected chi connectivity index (χ3v) is 4.46. The van der Waals surface area contributed by atoms with Gasteiger partial charge in [0.1, 0.15) is 5.82 Å². The largest absolute Gasteiger partial charge is 0.504 e. The van der Waals surface area contributed by atoms with E-state index in [4.69, 9.17) is 12.2 Å². The Balaban J connectivity index is 1.94. The molecule has 2 aromatic carbocycles. The summed E-state index contributed by atoms with van der Waals surface area (Å²) in [6.07, 6.45) is 1.55. The summed E-state index contributed by atoms with van der Waals surface area (Å²) in [6.45, 7) is 0. The highest BCUT2D eigenvalue weighted by molar-refractivity contribution is 8.27. The van der Waals surface area contributed by atoms with E-state index in [2.05, 4.69) is 0 Å². The number of anilines is 1. The van der Waals surface area contributed by atoms with Gasteiger partial charge in [-0.3, -0.25) is 9.69 Å². The zero-order valence-electron chi connectivity index (χ0n) is 11.6. The van der Waals surface area contributed by atoms with Crippen molar-refractivity contribution in [2.75, 3.05) is 4.90 Å². The SMILES string of the molecule is O=C1/C(=C\c2ccc(O)c(O)c2)SC(=S)N1c1cccc(F)c1. The smallest absolute Gasteiger partial charge is 0.270 e. The third kappa shape index (κ3) is 3.06. The normalized spacial score (nSPS) is 16.4. The highest BCUT2D eigenvalue weighted by Gasteiger charge is 2.33. The minimum Gasteiger partial charge on any atom is -0.504 e. The Kier molecular flexibility index (Phi) is 4.06. The molecule has 0 aromatic heterocycles. The summed E-state index contributed by atoms with van der Waals surface area (Å²) in [6, 6.07) is 9.85. The van der Waals surface area contributed by atoms with Gasteiger partial charge in [0.25, 0.3) is 5.91 Å². The van der Waals surface area contributed by atoms with Crippen LogP contribution in [0.1, 0.15) is 5.56 Å². The molecule has 1 saturated heterocycles. The number of hydrogen-bond acceptors (Lipinski definition) is 5. The van der Waals surface area contributed by atoms with E-state index in [0.717, 1.165) is 11.8 Å². The van der Waals surface area contributed by atoms with E-state index < -0.39 is 5.82 Å². The molecule has 7 heteroatoms. The van der Waals surface area contributed by atoms with E-state index >= 15 is 0 Å². The fourth-order valence-corrected chi connectivity index (χ4v) is 3.39. The Bertz CT molecular complexity index is 851. The number of phenols is 2. The van der Waals surface area contributed by atoms with E-state index in [9.17, 15) is 19.4 Å². The fourth-order valence-electron chi connectivity index (χ4n) is 2.09. The van der Waals surface area contributed by atoms with Crippen molar-refractivity contribution < 1.29 is 19.4 Å². The predicted molar refractivity (Wildman–Crippen MR) is 91.8 cm³/mol. The number of thioether (sulfide) groups is 1. The number of hydrogen-bond donors (Lipinski definition) is 2. The number of phenolic OH excluding ortho intramolecular Hbond substituents is 2. The van der Waals surface area contributed by atoms with Crippen molar-refractivity contribution in [1.29, 1.82) is 0 Å². The molecule has 0 atom stereocenters. The lowest BCUT2D eigenvalue weighted by Crippen LogP contribution is -2.27. The van der Waals surface area contributed by atoms with Crippen LogP contribution in [0.2, 0.25) is 0 Å². The number of carbonyl (C=O) groups excluding carboxylic acids is 1. The number of halogens is 1. The number of amides is 1. The van der Waals surface area contributed by atoms with E-state index in [1.54, 1.807) is 18.2 Å². The lowest BCUT2D eigenvalue weighted by molar-refractivity contribution is -0.113. The van der Waals surface area contributed by atoms with E-state index in [0.29, 0.717) is 20.5 Å². The van der Waals surface area contributed by atoms with Gasteiger partial charge in [0.15, 0.2) is 15.8 Å². The maximum Gasteiger partial charge on any atom is 0.270 e. The zero-order valence-corrected chi connectivity index (χ0v) is 13.2. The lowest BCUT2D eigenvalue weighted by atomic mass is 10.2. The molecule has 4 nitrogen and oxygen atoms in total. The number of nitrogens with zero attached hydrogens (tertiary/aromatic N) is 1. The molecule has 1 heterocycles. The maximum absolute atomic E-state index is 13.3. The first-order valence-corrected chi connectivity index (χ1v) is 7.74. The molecule has 1 aliphatic heterocycles. The first-order chi connectivity index (χ1) is 11.0. The maximum atomic E-state index is 13.3. The number of carbonyl (C=O) groups is 1. The molecule has 1 fully saturated rings. The average Bonchev–Trinajstić information content (AvgIpc) is 2.77. The first-order valence-electron chi connectivity index (χ1n) is 6.51. The quantitative estimate of drug-likeness (QED) is 0.493. The Morgan fingerprint density at radius 1 is 1.13 bits per heavy atom. The summed E-state index contributed by atoms with van der Waals surface area (Å²) >= 11 is 6.29. The molecule has 1 aliphatic rings. The third-order valence-electron chi connectivity index (χ3n) is 3.16. The van der Waals surface area contributed by atoms with Crippen LogP contribution in [0, 0.1) is 5.82 Å². The van der Waals surface area contributed by atoms with Gasteiger partial charge >= 0.3 is 0 Å². The van der Waals surface area contributed by atoms with Crippen molar-refractivity contribution in [3.05, 3.63) is 58.8 Å². The Morgan fingerprint density at radius 2 is 1.91 bits per heavy atom. The minimum atomic E-state index is -0.455. The predicted octanol–water partition coefficient (Wildman–Crippen LogP) is 3.64. The van der Waals surface area contributed by atoms with Crippen molar-refractivity contribution in [2.45, 2.75) is 0 Å². The second kappa shape index (κ2) is 6.02. The van der Waals surface area contributed by atoms with Crippen LogP contribution in [0.4, 0.5) is 10.1 Å². The van der Waals surface area contributed by atoms with Gasteiger partial charge in [-0.2, -0.15) is 0 Å². The zero-order chi connectivity index (χ0) is 16.6. The number of benzene rings is 2. The van der Waals surface area contributed by atoms with Gasteiger partial charge in [0.2, 0.25) is 0 Å². The number of rotatable bonds is 2. The van der Waals surface area contributed by atoms with Gasteiger partial charge in [-0.25, -0.2) is 4.39 Å². The van der Waals surface area contributed by atoms with Gasteiger partial charge in [0, 0.05) is 0 Å². The average molecular weight is 347 g/mol. The molecule has 0 saturated carbocycles. The van der Waals surface area contributed by atoms with E-state index in [-0.39, 0.29) is 17.4 Å². The van der Waals surface area contributed by atoms with Crippen LogP contribution in [0.25, 0.3) is 6.08 Å². The molecule has 0 aliphatic carbocycles. The monoisotopic (exact) mass is 347 g/mol. The van der Waals surface area contributed by atoms with Gasteiger partial charge in [0.05, 0.1) is 10.6 Å². The molecule has 1 amide bonds. The van der Waals surface area contributed by atoms with Crippen molar-refractivity contribution in [2.24, 2.45) is 0 Å². The van der Waals surface area contributed by atoms with Crippen LogP contribution >= 0.6 is 24.0 Å². The van der Waals surface area contributed by atoms with Crippen LogP contribution in [0.3, 0.4) is 0 Å². The van der Waals surface area contributed by atoms with Gasteiger partial charge in [-0.05, 0) is 42.0 Å². The molecule has 2 N–H and O–H groups in total. The second-order valence-electron chi connectivity index (χ2n) is 4.75.